The van der Waals surface area contributed by atoms with Crippen LogP contribution in [0.5, 0.6) is 0 Å². The molecule has 0 aliphatic rings. The minimum absolute atomic E-state index is 0.0757. The van der Waals surface area contributed by atoms with Gasteiger partial charge in [-0.3, -0.25) is 4.68 Å². The van der Waals surface area contributed by atoms with Gasteiger partial charge in [0.05, 0.1) is 34.6 Å². The highest BCUT2D eigenvalue weighted by Gasteiger charge is 2.10. The molecule has 1 heterocycles. The Morgan fingerprint density at radius 1 is 1.53 bits per heavy atom. The van der Waals surface area contributed by atoms with Gasteiger partial charge in [-0.1, -0.05) is 11.6 Å². The molecule has 0 bridgehead atoms. The lowest BCUT2D eigenvalue weighted by Gasteiger charge is -2.15. The number of rotatable bonds is 4. The average Bonchev–Trinajstić information content (AvgIpc) is 2.90. The Balaban J connectivity index is 2.18. The van der Waals surface area contributed by atoms with Crippen molar-refractivity contribution in [3.8, 4) is 6.07 Å². The highest BCUT2D eigenvalue weighted by molar-refractivity contribution is 6.33. The largest absolute Gasteiger partial charge is 0.377 e. The van der Waals surface area contributed by atoms with Gasteiger partial charge in [-0.25, -0.2) is 0 Å². The van der Waals surface area contributed by atoms with E-state index in [9.17, 15) is 0 Å². The van der Waals surface area contributed by atoms with E-state index in [0.717, 1.165) is 17.8 Å². The van der Waals surface area contributed by atoms with Crippen molar-refractivity contribution < 1.29 is 0 Å². The standard InChI is InChI=1S/C14H15ClN4/c1-3-19-9-12(8-17-19)10(2)18-14-6-11(7-16)4-5-13(14)15/h4-6,8-10,18H,3H2,1-2H3. The zero-order valence-electron chi connectivity index (χ0n) is 10.9. The molecule has 0 saturated carbocycles. The van der Waals surface area contributed by atoms with Crippen molar-refractivity contribution in [3.63, 3.8) is 0 Å². The molecule has 4 nitrogen and oxygen atoms in total. The Hall–Kier alpha value is -1.99. The summed E-state index contributed by atoms with van der Waals surface area (Å²) in [4.78, 5) is 0. The van der Waals surface area contributed by atoms with E-state index >= 15 is 0 Å². The number of halogens is 1. The first-order valence-corrected chi connectivity index (χ1v) is 6.50. The maximum atomic E-state index is 8.91. The Bertz CT molecular complexity index is 612. The van der Waals surface area contributed by atoms with Crippen molar-refractivity contribution in [2.24, 2.45) is 0 Å². The molecular formula is C14H15ClN4. The molecule has 2 aromatic rings. The summed E-state index contributed by atoms with van der Waals surface area (Å²) in [5, 5.41) is 17.1. The zero-order chi connectivity index (χ0) is 13.8. The Morgan fingerprint density at radius 2 is 2.32 bits per heavy atom. The predicted molar refractivity (Wildman–Crippen MR) is 76.1 cm³/mol. The summed E-state index contributed by atoms with van der Waals surface area (Å²) in [6.07, 6.45) is 3.84. The third-order valence-corrected chi connectivity index (χ3v) is 3.27. The maximum absolute atomic E-state index is 8.91. The molecule has 1 aromatic carbocycles. The van der Waals surface area contributed by atoms with E-state index < -0.39 is 0 Å². The molecule has 1 aromatic heterocycles. The van der Waals surface area contributed by atoms with Crippen molar-refractivity contribution >= 4 is 17.3 Å². The molecule has 98 valence electrons. The predicted octanol–water partition coefficient (Wildman–Crippen LogP) is 3.60. The van der Waals surface area contributed by atoms with E-state index in [1.54, 1.807) is 18.2 Å². The normalized spacial score (nSPS) is 11.9. The second kappa shape index (κ2) is 5.77. The smallest absolute Gasteiger partial charge is 0.0992 e. The Labute approximate surface area is 117 Å². The second-order valence-electron chi connectivity index (χ2n) is 4.30. The fourth-order valence-corrected chi connectivity index (χ4v) is 1.97. The van der Waals surface area contributed by atoms with Crippen LogP contribution in [0.2, 0.25) is 5.02 Å². The van der Waals surface area contributed by atoms with E-state index in [1.165, 1.54) is 0 Å². The fraction of sp³-hybridized carbons (Fsp3) is 0.286. The number of nitriles is 1. The van der Waals surface area contributed by atoms with Crippen LogP contribution < -0.4 is 5.32 Å². The Morgan fingerprint density at radius 3 is 2.95 bits per heavy atom. The molecule has 5 heteroatoms. The van der Waals surface area contributed by atoms with Gasteiger partial charge < -0.3 is 5.32 Å². The third-order valence-electron chi connectivity index (χ3n) is 2.94. The zero-order valence-corrected chi connectivity index (χ0v) is 11.6. The van der Waals surface area contributed by atoms with Crippen LogP contribution in [0.3, 0.4) is 0 Å². The van der Waals surface area contributed by atoms with Gasteiger partial charge in [-0.2, -0.15) is 10.4 Å². The summed E-state index contributed by atoms with van der Waals surface area (Å²) >= 11 is 6.12. The van der Waals surface area contributed by atoms with Gasteiger partial charge in [0.25, 0.3) is 0 Å². The van der Waals surface area contributed by atoms with Crippen molar-refractivity contribution in [1.82, 2.24) is 9.78 Å². The molecule has 1 N–H and O–H groups in total. The minimum Gasteiger partial charge on any atom is -0.377 e. The van der Waals surface area contributed by atoms with Crippen LogP contribution in [-0.2, 0) is 6.54 Å². The van der Waals surface area contributed by atoms with Gasteiger partial charge in [0, 0.05) is 18.3 Å². The second-order valence-corrected chi connectivity index (χ2v) is 4.71. The van der Waals surface area contributed by atoms with Crippen LogP contribution in [0.15, 0.2) is 30.6 Å². The lowest BCUT2D eigenvalue weighted by atomic mass is 10.1. The minimum atomic E-state index is 0.0757. The summed E-state index contributed by atoms with van der Waals surface area (Å²) in [5.74, 6) is 0. The summed E-state index contributed by atoms with van der Waals surface area (Å²) in [6.45, 7) is 4.92. The number of hydrogen-bond donors (Lipinski definition) is 1. The third kappa shape index (κ3) is 3.07. The van der Waals surface area contributed by atoms with E-state index in [2.05, 4.69) is 16.5 Å². The summed E-state index contributed by atoms with van der Waals surface area (Å²) in [5.41, 5.74) is 2.43. The molecule has 0 saturated heterocycles. The summed E-state index contributed by atoms with van der Waals surface area (Å²) in [7, 11) is 0. The number of hydrogen-bond acceptors (Lipinski definition) is 3. The first-order chi connectivity index (χ1) is 9.13. The lowest BCUT2D eigenvalue weighted by molar-refractivity contribution is 0.658. The maximum Gasteiger partial charge on any atom is 0.0992 e. The van der Waals surface area contributed by atoms with Gasteiger partial charge in [-0.15, -0.1) is 0 Å². The highest BCUT2D eigenvalue weighted by atomic mass is 35.5. The fourth-order valence-electron chi connectivity index (χ4n) is 1.80. The quantitative estimate of drug-likeness (QED) is 0.927. The van der Waals surface area contributed by atoms with E-state index in [0.29, 0.717) is 10.6 Å². The molecule has 0 fully saturated rings. The summed E-state index contributed by atoms with van der Waals surface area (Å²) < 4.78 is 1.88. The molecule has 0 radical (unpaired) electrons. The van der Waals surface area contributed by atoms with Crippen LogP contribution in [-0.4, -0.2) is 9.78 Å². The monoisotopic (exact) mass is 274 g/mol. The molecule has 0 aliphatic carbocycles. The van der Waals surface area contributed by atoms with Crippen LogP contribution >= 0.6 is 11.6 Å². The van der Waals surface area contributed by atoms with Gasteiger partial charge in [0.1, 0.15) is 0 Å². The number of benzene rings is 1. The van der Waals surface area contributed by atoms with Crippen LogP contribution in [0.1, 0.15) is 31.0 Å². The number of nitrogens with one attached hydrogen (secondary N) is 1. The number of aryl methyl sites for hydroxylation is 1. The van der Waals surface area contributed by atoms with E-state index in [4.69, 9.17) is 16.9 Å². The van der Waals surface area contributed by atoms with Crippen molar-refractivity contribution in [3.05, 3.63) is 46.7 Å². The molecule has 0 aliphatic heterocycles. The van der Waals surface area contributed by atoms with E-state index in [1.807, 2.05) is 30.9 Å². The van der Waals surface area contributed by atoms with Crippen molar-refractivity contribution in [1.29, 1.82) is 5.26 Å². The van der Waals surface area contributed by atoms with Gasteiger partial charge in [0.15, 0.2) is 0 Å². The molecule has 1 unspecified atom stereocenters. The molecule has 0 amide bonds. The average molecular weight is 275 g/mol. The topological polar surface area (TPSA) is 53.6 Å². The molecule has 1 atom stereocenters. The molecule has 2 rings (SSSR count). The number of anilines is 1. The van der Waals surface area contributed by atoms with Crippen LogP contribution in [0.4, 0.5) is 5.69 Å². The molecule has 19 heavy (non-hydrogen) atoms. The van der Waals surface area contributed by atoms with Crippen molar-refractivity contribution in [2.75, 3.05) is 5.32 Å². The highest BCUT2D eigenvalue weighted by Crippen LogP contribution is 2.27. The van der Waals surface area contributed by atoms with Gasteiger partial charge in [0.2, 0.25) is 0 Å². The Kier molecular flexibility index (Phi) is 4.08. The van der Waals surface area contributed by atoms with Gasteiger partial charge in [-0.05, 0) is 32.0 Å². The van der Waals surface area contributed by atoms with Crippen molar-refractivity contribution in [2.45, 2.75) is 26.4 Å². The first kappa shape index (κ1) is 13.4. The first-order valence-electron chi connectivity index (χ1n) is 6.12. The van der Waals surface area contributed by atoms with Crippen LogP contribution in [0, 0.1) is 11.3 Å². The SMILES string of the molecule is CCn1cc(C(C)Nc2cc(C#N)ccc2Cl)cn1. The number of nitrogens with zero attached hydrogens (tertiary/aromatic N) is 3. The van der Waals surface area contributed by atoms with Gasteiger partial charge >= 0.3 is 0 Å². The van der Waals surface area contributed by atoms with E-state index in [-0.39, 0.29) is 6.04 Å². The molecular weight excluding hydrogens is 260 g/mol. The molecule has 0 spiro atoms. The summed E-state index contributed by atoms with van der Waals surface area (Å²) in [6, 6.07) is 7.36. The van der Waals surface area contributed by atoms with Crippen LogP contribution in [0.25, 0.3) is 0 Å². The lowest BCUT2D eigenvalue weighted by Crippen LogP contribution is -2.06. The number of aromatic nitrogens is 2.